The molecular weight excluding hydrogens is 321 g/mol. The maximum Gasteiger partial charge on any atom is 0.194 e. The summed E-state index contributed by atoms with van der Waals surface area (Å²) in [6, 6.07) is 8.71. The van der Waals surface area contributed by atoms with E-state index in [1.165, 1.54) is 24.3 Å². The minimum absolute atomic E-state index is 0.230. The van der Waals surface area contributed by atoms with Gasteiger partial charge >= 0.3 is 0 Å². The first-order valence-electron chi connectivity index (χ1n) is 5.04. The number of hydrogen-bond acceptors (Lipinski definition) is 2. The zero-order valence-electron chi connectivity index (χ0n) is 9.08. The third-order valence-corrected chi connectivity index (χ3v) is 3.35. The fraction of sp³-hybridized carbons (Fsp3) is 0. The van der Waals surface area contributed by atoms with Gasteiger partial charge in [-0.25, -0.2) is 4.39 Å². The predicted molar refractivity (Wildman–Crippen MR) is 73.4 cm³/mol. The van der Waals surface area contributed by atoms with Gasteiger partial charge in [-0.1, -0.05) is 11.6 Å². The Bertz CT molecular complexity index is 630. The standard InChI is InChI=1S/C13H8BrClFNO/c14-10-5-7(1-4-12(10)16)13(18)9-6-8(17)2-3-11(9)15/h1-6H,17H2. The number of halogens is 3. The molecule has 2 nitrogen and oxygen atoms in total. The Hall–Kier alpha value is -1.39. The van der Waals surface area contributed by atoms with Gasteiger partial charge in [0.15, 0.2) is 5.78 Å². The van der Waals surface area contributed by atoms with Gasteiger partial charge in [0, 0.05) is 16.8 Å². The van der Waals surface area contributed by atoms with E-state index in [-0.39, 0.29) is 10.3 Å². The Balaban J connectivity index is 2.47. The van der Waals surface area contributed by atoms with Gasteiger partial charge in [-0.2, -0.15) is 0 Å². The smallest absolute Gasteiger partial charge is 0.194 e. The lowest BCUT2D eigenvalue weighted by atomic mass is 10.0. The molecule has 0 unspecified atom stereocenters. The van der Waals surface area contributed by atoms with Crippen LogP contribution in [0.5, 0.6) is 0 Å². The number of carbonyl (C=O) groups excluding carboxylic acids is 1. The van der Waals surface area contributed by atoms with Crippen molar-refractivity contribution in [3.8, 4) is 0 Å². The number of ketones is 1. The summed E-state index contributed by atoms with van der Waals surface area (Å²) in [6.45, 7) is 0. The van der Waals surface area contributed by atoms with Crippen LogP contribution in [0.4, 0.5) is 10.1 Å². The lowest BCUT2D eigenvalue weighted by molar-refractivity contribution is 0.103. The van der Waals surface area contributed by atoms with Crippen molar-refractivity contribution < 1.29 is 9.18 Å². The molecule has 0 fully saturated rings. The minimum atomic E-state index is -0.426. The highest BCUT2D eigenvalue weighted by atomic mass is 79.9. The maximum atomic E-state index is 13.1. The van der Waals surface area contributed by atoms with Gasteiger partial charge in [0.25, 0.3) is 0 Å². The number of anilines is 1. The van der Waals surface area contributed by atoms with E-state index in [1.807, 2.05) is 0 Å². The third kappa shape index (κ3) is 2.54. The van der Waals surface area contributed by atoms with E-state index in [1.54, 1.807) is 12.1 Å². The molecule has 0 saturated carbocycles. The van der Waals surface area contributed by atoms with Gasteiger partial charge in [0.05, 0.1) is 9.50 Å². The van der Waals surface area contributed by atoms with Crippen molar-refractivity contribution in [2.24, 2.45) is 0 Å². The van der Waals surface area contributed by atoms with Crippen LogP contribution in [0.1, 0.15) is 15.9 Å². The van der Waals surface area contributed by atoms with Gasteiger partial charge in [-0.05, 0) is 52.3 Å². The maximum absolute atomic E-state index is 13.1. The monoisotopic (exact) mass is 327 g/mol. The van der Waals surface area contributed by atoms with Gasteiger partial charge in [0.1, 0.15) is 5.82 Å². The average Bonchev–Trinajstić information content (AvgIpc) is 2.35. The van der Waals surface area contributed by atoms with Crippen molar-refractivity contribution in [2.75, 3.05) is 5.73 Å². The minimum Gasteiger partial charge on any atom is -0.399 e. The van der Waals surface area contributed by atoms with Crippen LogP contribution in [0, 0.1) is 5.82 Å². The van der Waals surface area contributed by atoms with Gasteiger partial charge in [0.2, 0.25) is 0 Å². The molecule has 92 valence electrons. The number of benzene rings is 2. The van der Waals surface area contributed by atoms with Crippen LogP contribution in [0.15, 0.2) is 40.9 Å². The van der Waals surface area contributed by atoms with E-state index in [0.29, 0.717) is 21.8 Å². The molecule has 2 rings (SSSR count). The Labute approximate surface area is 117 Å². The van der Waals surface area contributed by atoms with Crippen LogP contribution < -0.4 is 5.73 Å². The van der Waals surface area contributed by atoms with E-state index in [4.69, 9.17) is 17.3 Å². The topological polar surface area (TPSA) is 43.1 Å². The van der Waals surface area contributed by atoms with Gasteiger partial charge in [-0.3, -0.25) is 4.79 Å². The van der Waals surface area contributed by atoms with Crippen molar-refractivity contribution in [1.82, 2.24) is 0 Å². The van der Waals surface area contributed by atoms with E-state index < -0.39 is 5.82 Å². The molecular formula is C13H8BrClFNO. The van der Waals surface area contributed by atoms with Crippen LogP contribution in [0.3, 0.4) is 0 Å². The summed E-state index contributed by atoms with van der Waals surface area (Å²) in [7, 11) is 0. The van der Waals surface area contributed by atoms with Crippen molar-refractivity contribution in [3.05, 3.63) is 62.8 Å². The van der Waals surface area contributed by atoms with Gasteiger partial charge < -0.3 is 5.73 Å². The van der Waals surface area contributed by atoms with Crippen molar-refractivity contribution in [3.63, 3.8) is 0 Å². The second-order valence-corrected chi connectivity index (χ2v) is 4.96. The summed E-state index contributed by atoms with van der Waals surface area (Å²) < 4.78 is 13.3. The van der Waals surface area contributed by atoms with E-state index in [0.717, 1.165) is 0 Å². The van der Waals surface area contributed by atoms with Crippen LogP contribution in [0.25, 0.3) is 0 Å². The van der Waals surface area contributed by atoms with Crippen LogP contribution in [-0.4, -0.2) is 5.78 Å². The second kappa shape index (κ2) is 5.08. The quantitative estimate of drug-likeness (QED) is 0.667. The zero-order valence-corrected chi connectivity index (χ0v) is 11.4. The van der Waals surface area contributed by atoms with Crippen molar-refractivity contribution in [2.45, 2.75) is 0 Å². The summed E-state index contributed by atoms with van der Waals surface area (Å²) in [5.41, 5.74) is 6.71. The van der Waals surface area contributed by atoms with Crippen molar-refractivity contribution >= 4 is 39.0 Å². The highest BCUT2D eigenvalue weighted by molar-refractivity contribution is 9.10. The lowest BCUT2D eigenvalue weighted by Gasteiger charge is -2.05. The molecule has 2 aromatic rings. The molecule has 0 spiro atoms. The summed E-state index contributed by atoms with van der Waals surface area (Å²) in [6.07, 6.45) is 0. The average molecular weight is 329 g/mol. The predicted octanol–water partition coefficient (Wildman–Crippen LogP) is 4.05. The van der Waals surface area contributed by atoms with E-state index in [2.05, 4.69) is 15.9 Å². The molecule has 0 aliphatic carbocycles. The Kier molecular flexibility index (Phi) is 3.68. The highest BCUT2D eigenvalue weighted by Crippen LogP contribution is 2.24. The summed E-state index contributed by atoms with van der Waals surface area (Å²) in [4.78, 5) is 12.2. The molecule has 0 radical (unpaired) electrons. The molecule has 2 aromatic carbocycles. The molecule has 0 aromatic heterocycles. The molecule has 0 aliphatic heterocycles. The summed E-state index contributed by atoms with van der Waals surface area (Å²) in [5.74, 6) is -0.724. The number of rotatable bonds is 2. The first-order chi connectivity index (χ1) is 8.49. The molecule has 0 heterocycles. The van der Waals surface area contributed by atoms with Crippen molar-refractivity contribution in [1.29, 1.82) is 0 Å². The number of nitrogens with two attached hydrogens (primary N) is 1. The third-order valence-electron chi connectivity index (χ3n) is 2.42. The van der Waals surface area contributed by atoms with E-state index in [9.17, 15) is 9.18 Å². The molecule has 0 saturated heterocycles. The molecule has 0 bridgehead atoms. The number of carbonyl (C=O) groups is 1. The first-order valence-corrected chi connectivity index (χ1v) is 6.21. The van der Waals surface area contributed by atoms with Gasteiger partial charge in [-0.15, -0.1) is 0 Å². The van der Waals surface area contributed by atoms with Crippen LogP contribution in [0.2, 0.25) is 5.02 Å². The second-order valence-electron chi connectivity index (χ2n) is 3.70. The molecule has 0 atom stereocenters. The SMILES string of the molecule is Nc1ccc(Cl)c(C(=O)c2ccc(F)c(Br)c2)c1. The van der Waals surface area contributed by atoms with Crippen LogP contribution in [-0.2, 0) is 0 Å². The zero-order chi connectivity index (χ0) is 13.3. The number of nitrogen functional groups attached to an aromatic ring is 1. The Morgan fingerprint density at radius 3 is 2.61 bits per heavy atom. The molecule has 18 heavy (non-hydrogen) atoms. The van der Waals surface area contributed by atoms with E-state index >= 15 is 0 Å². The largest absolute Gasteiger partial charge is 0.399 e. The molecule has 0 aliphatic rings. The molecule has 2 N–H and O–H groups in total. The highest BCUT2D eigenvalue weighted by Gasteiger charge is 2.14. The Morgan fingerprint density at radius 2 is 1.94 bits per heavy atom. The first kappa shape index (κ1) is 13.1. The molecule has 5 heteroatoms. The Morgan fingerprint density at radius 1 is 1.22 bits per heavy atom. The lowest BCUT2D eigenvalue weighted by Crippen LogP contribution is -2.03. The van der Waals surface area contributed by atoms with Crippen LogP contribution >= 0.6 is 27.5 Å². The summed E-state index contributed by atoms with van der Waals surface area (Å²) >= 11 is 8.98. The summed E-state index contributed by atoms with van der Waals surface area (Å²) in [5, 5.41) is 0.314. The number of hydrogen-bond donors (Lipinski definition) is 1. The molecule has 0 amide bonds. The fourth-order valence-electron chi connectivity index (χ4n) is 1.51. The fourth-order valence-corrected chi connectivity index (χ4v) is 2.09. The normalized spacial score (nSPS) is 10.4.